The maximum atomic E-state index is 11.3. The Balaban J connectivity index is 2.00. The summed E-state index contributed by atoms with van der Waals surface area (Å²) in [7, 11) is 2.77. The summed E-state index contributed by atoms with van der Waals surface area (Å²) in [4.78, 5) is 22.6. The van der Waals surface area contributed by atoms with Gasteiger partial charge in [0.25, 0.3) is 0 Å². The number of methoxy groups -OCH3 is 2. The Kier molecular flexibility index (Phi) is 2.43. The van der Waals surface area contributed by atoms with Gasteiger partial charge in [-0.3, -0.25) is 9.59 Å². The first-order chi connectivity index (χ1) is 6.70. The van der Waals surface area contributed by atoms with Crippen LogP contribution >= 0.6 is 11.8 Å². The fourth-order valence-corrected chi connectivity index (χ4v) is 3.91. The molecule has 0 aromatic carbocycles. The first-order valence-corrected chi connectivity index (χ1v) is 5.53. The molecule has 0 N–H and O–H groups in total. The minimum atomic E-state index is -0.198. The second-order valence-electron chi connectivity index (χ2n) is 3.55. The van der Waals surface area contributed by atoms with Crippen LogP contribution in [0.5, 0.6) is 0 Å². The molecule has 0 amide bonds. The molecule has 4 nitrogen and oxygen atoms in total. The summed E-state index contributed by atoms with van der Waals surface area (Å²) in [6, 6.07) is 0. The van der Waals surface area contributed by atoms with Gasteiger partial charge in [0.15, 0.2) is 0 Å². The minimum absolute atomic E-state index is 0.0807. The van der Waals surface area contributed by atoms with Gasteiger partial charge in [-0.05, 0) is 5.92 Å². The Morgan fingerprint density at radius 1 is 1.21 bits per heavy atom. The molecule has 2 aliphatic rings. The third-order valence-electron chi connectivity index (χ3n) is 2.92. The van der Waals surface area contributed by atoms with Crippen molar-refractivity contribution in [3.05, 3.63) is 0 Å². The predicted molar refractivity (Wildman–Crippen MR) is 50.7 cm³/mol. The van der Waals surface area contributed by atoms with Crippen molar-refractivity contribution < 1.29 is 19.1 Å². The molecule has 0 bridgehead atoms. The quantitative estimate of drug-likeness (QED) is 0.622. The summed E-state index contributed by atoms with van der Waals surface area (Å²) in [6.45, 7) is 0. The highest BCUT2D eigenvalue weighted by atomic mass is 32.2. The molecule has 78 valence electrons. The number of hydrogen-bond donors (Lipinski definition) is 0. The van der Waals surface area contributed by atoms with E-state index in [9.17, 15) is 9.59 Å². The van der Waals surface area contributed by atoms with Crippen molar-refractivity contribution in [3.8, 4) is 0 Å². The van der Waals surface area contributed by atoms with Crippen LogP contribution in [0.25, 0.3) is 0 Å². The molecular weight excluding hydrogens is 204 g/mol. The van der Waals surface area contributed by atoms with E-state index in [0.717, 1.165) is 5.75 Å². The number of hydrogen-bond acceptors (Lipinski definition) is 5. The fraction of sp³-hybridized carbons (Fsp3) is 0.778. The average Bonchev–Trinajstić information content (AvgIpc) is 2.77. The SMILES string of the molecule is COC(=O)C1CSC2C(C(=O)OC)C12. The van der Waals surface area contributed by atoms with E-state index in [0.29, 0.717) is 0 Å². The maximum absolute atomic E-state index is 11.3. The average molecular weight is 216 g/mol. The molecule has 1 aliphatic carbocycles. The molecule has 1 saturated carbocycles. The molecule has 1 saturated heterocycles. The van der Waals surface area contributed by atoms with Gasteiger partial charge in [-0.2, -0.15) is 11.8 Å². The van der Waals surface area contributed by atoms with Gasteiger partial charge in [0.2, 0.25) is 0 Å². The molecule has 4 atom stereocenters. The Hall–Kier alpha value is -0.710. The summed E-state index contributed by atoms with van der Waals surface area (Å²) < 4.78 is 9.36. The predicted octanol–water partition coefficient (Wildman–Crippen LogP) is 0.310. The van der Waals surface area contributed by atoms with Gasteiger partial charge in [-0.15, -0.1) is 0 Å². The lowest BCUT2D eigenvalue weighted by molar-refractivity contribution is -0.146. The number of esters is 2. The van der Waals surface area contributed by atoms with E-state index in [-0.39, 0.29) is 34.9 Å². The number of rotatable bonds is 2. The van der Waals surface area contributed by atoms with Gasteiger partial charge in [-0.25, -0.2) is 0 Å². The second kappa shape index (κ2) is 3.46. The molecule has 0 spiro atoms. The molecule has 2 fully saturated rings. The minimum Gasteiger partial charge on any atom is -0.469 e. The number of thioether (sulfide) groups is 1. The summed E-state index contributed by atoms with van der Waals surface area (Å²) >= 11 is 1.67. The van der Waals surface area contributed by atoms with E-state index in [1.54, 1.807) is 11.8 Å². The Bertz CT molecular complexity index is 278. The van der Waals surface area contributed by atoms with Crippen molar-refractivity contribution in [2.24, 2.45) is 17.8 Å². The van der Waals surface area contributed by atoms with Crippen molar-refractivity contribution in [2.75, 3.05) is 20.0 Å². The first-order valence-electron chi connectivity index (χ1n) is 4.48. The normalized spacial score (nSPS) is 38.7. The zero-order valence-electron chi connectivity index (χ0n) is 8.06. The lowest BCUT2D eigenvalue weighted by Gasteiger charge is -2.09. The van der Waals surface area contributed by atoms with Crippen LogP contribution in [0.3, 0.4) is 0 Å². The molecule has 1 heterocycles. The number of carbonyl (C=O) groups is 2. The van der Waals surface area contributed by atoms with Crippen molar-refractivity contribution in [1.82, 2.24) is 0 Å². The standard InChI is InChI=1S/C9H12O4S/c1-12-8(10)4-3-14-7-5(4)6(7)9(11)13-2/h4-7H,3H2,1-2H3. The maximum Gasteiger partial charge on any atom is 0.310 e. The zero-order chi connectivity index (χ0) is 10.3. The van der Waals surface area contributed by atoms with Gasteiger partial charge in [-0.1, -0.05) is 0 Å². The zero-order valence-corrected chi connectivity index (χ0v) is 8.87. The molecule has 2 rings (SSSR count). The van der Waals surface area contributed by atoms with Gasteiger partial charge < -0.3 is 9.47 Å². The monoisotopic (exact) mass is 216 g/mol. The van der Waals surface area contributed by atoms with Crippen LogP contribution in [0.4, 0.5) is 0 Å². The molecule has 14 heavy (non-hydrogen) atoms. The smallest absolute Gasteiger partial charge is 0.310 e. The summed E-state index contributed by atoms with van der Waals surface area (Å²) in [5.74, 6) is 0.342. The molecule has 1 aliphatic heterocycles. The molecular formula is C9H12O4S. The highest BCUT2D eigenvalue weighted by molar-refractivity contribution is 8.00. The van der Waals surface area contributed by atoms with Crippen molar-refractivity contribution >= 4 is 23.7 Å². The van der Waals surface area contributed by atoms with Crippen LogP contribution in [-0.2, 0) is 19.1 Å². The Morgan fingerprint density at radius 3 is 2.43 bits per heavy atom. The fourth-order valence-electron chi connectivity index (χ4n) is 2.13. The summed E-state index contributed by atoms with van der Waals surface area (Å²) in [5.41, 5.74) is 0. The van der Waals surface area contributed by atoms with Crippen molar-refractivity contribution in [3.63, 3.8) is 0 Å². The van der Waals surface area contributed by atoms with Gasteiger partial charge in [0.1, 0.15) is 0 Å². The largest absolute Gasteiger partial charge is 0.469 e. The van der Waals surface area contributed by atoms with E-state index in [2.05, 4.69) is 9.47 Å². The molecule has 5 heteroatoms. The van der Waals surface area contributed by atoms with E-state index in [4.69, 9.17) is 0 Å². The van der Waals surface area contributed by atoms with Crippen LogP contribution in [-0.4, -0.2) is 37.2 Å². The van der Waals surface area contributed by atoms with Crippen LogP contribution < -0.4 is 0 Å². The van der Waals surface area contributed by atoms with Crippen molar-refractivity contribution in [2.45, 2.75) is 5.25 Å². The van der Waals surface area contributed by atoms with Crippen LogP contribution in [0.15, 0.2) is 0 Å². The number of carbonyl (C=O) groups excluding carboxylic acids is 2. The molecule has 0 aromatic rings. The first kappa shape index (κ1) is 9.83. The number of ether oxygens (including phenoxy) is 2. The molecule has 0 radical (unpaired) electrons. The van der Waals surface area contributed by atoms with Gasteiger partial charge in [0.05, 0.1) is 26.1 Å². The van der Waals surface area contributed by atoms with E-state index in [1.807, 2.05) is 0 Å². The van der Waals surface area contributed by atoms with E-state index < -0.39 is 0 Å². The lowest BCUT2D eigenvalue weighted by Crippen LogP contribution is -2.21. The van der Waals surface area contributed by atoms with Crippen LogP contribution in [0, 0.1) is 17.8 Å². The highest BCUT2D eigenvalue weighted by Gasteiger charge is 2.65. The van der Waals surface area contributed by atoms with Gasteiger partial charge in [0, 0.05) is 11.0 Å². The lowest BCUT2D eigenvalue weighted by atomic mass is 10.1. The topological polar surface area (TPSA) is 52.6 Å². The number of fused-ring (bicyclic) bond motifs is 1. The summed E-state index contributed by atoms with van der Waals surface area (Å²) in [6.07, 6.45) is 0. The van der Waals surface area contributed by atoms with Gasteiger partial charge >= 0.3 is 11.9 Å². The highest BCUT2D eigenvalue weighted by Crippen LogP contribution is 2.59. The second-order valence-corrected chi connectivity index (χ2v) is 4.76. The Labute approximate surface area is 86.3 Å². The third kappa shape index (κ3) is 1.30. The van der Waals surface area contributed by atoms with Crippen LogP contribution in [0.2, 0.25) is 0 Å². The third-order valence-corrected chi connectivity index (χ3v) is 4.46. The molecule has 4 unspecified atom stereocenters. The van der Waals surface area contributed by atoms with Crippen LogP contribution in [0.1, 0.15) is 0 Å². The van der Waals surface area contributed by atoms with Crippen molar-refractivity contribution in [1.29, 1.82) is 0 Å². The van der Waals surface area contributed by atoms with E-state index >= 15 is 0 Å². The summed E-state index contributed by atoms with van der Waals surface area (Å²) in [5, 5.41) is 0.284. The van der Waals surface area contributed by atoms with E-state index in [1.165, 1.54) is 14.2 Å². The molecule has 0 aromatic heterocycles. The Morgan fingerprint density at radius 2 is 1.86 bits per heavy atom.